The molecule has 0 bridgehead atoms. The molecule has 0 heterocycles. The Morgan fingerprint density at radius 2 is 1.75 bits per heavy atom. The van der Waals surface area contributed by atoms with Gasteiger partial charge >= 0.3 is 0 Å². The van der Waals surface area contributed by atoms with Crippen molar-refractivity contribution in [3.8, 4) is 0 Å². The minimum Gasteiger partial charge on any atom is -0.356 e. The van der Waals surface area contributed by atoms with Crippen LogP contribution in [0.25, 0.3) is 0 Å². The van der Waals surface area contributed by atoms with Gasteiger partial charge in [0, 0.05) is 25.0 Å². The first-order valence-corrected chi connectivity index (χ1v) is 6.24. The van der Waals surface area contributed by atoms with Gasteiger partial charge < -0.3 is 10.6 Å². The molecule has 1 unspecified atom stereocenters. The average Bonchev–Trinajstić information content (AvgIpc) is 2.11. The van der Waals surface area contributed by atoms with Crippen molar-refractivity contribution in [2.24, 2.45) is 11.8 Å². The van der Waals surface area contributed by atoms with Gasteiger partial charge in [-0.05, 0) is 32.6 Å². The fraction of sp³-hybridized carbons (Fsp3) is 0.923. The number of amides is 1. The van der Waals surface area contributed by atoms with E-state index in [2.05, 4.69) is 52.2 Å². The second-order valence-electron chi connectivity index (χ2n) is 5.95. The van der Waals surface area contributed by atoms with Crippen molar-refractivity contribution in [2.75, 3.05) is 13.1 Å². The van der Waals surface area contributed by atoms with Crippen LogP contribution < -0.4 is 10.6 Å². The van der Waals surface area contributed by atoms with E-state index in [0.29, 0.717) is 18.3 Å². The third-order valence-electron chi connectivity index (χ3n) is 2.77. The molecule has 0 rings (SSSR count). The van der Waals surface area contributed by atoms with Crippen molar-refractivity contribution in [3.05, 3.63) is 0 Å². The predicted molar refractivity (Wildman–Crippen MR) is 69.4 cm³/mol. The lowest BCUT2D eigenvalue weighted by Crippen LogP contribution is -2.39. The highest BCUT2D eigenvalue weighted by Crippen LogP contribution is 2.07. The molecule has 96 valence electrons. The summed E-state index contributed by atoms with van der Waals surface area (Å²) in [5, 5.41) is 6.27. The van der Waals surface area contributed by atoms with Crippen molar-refractivity contribution in [1.29, 1.82) is 0 Å². The van der Waals surface area contributed by atoms with Crippen molar-refractivity contribution in [3.63, 3.8) is 0 Å². The topological polar surface area (TPSA) is 41.1 Å². The van der Waals surface area contributed by atoms with E-state index in [0.717, 1.165) is 13.1 Å². The Morgan fingerprint density at radius 3 is 2.19 bits per heavy atom. The summed E-state index contributed by atoms with van der Waals surface area (Å²) in [5.41, 5.74) is 0.0888. The molecule has 0 aromatic rings. The van der Waals surface area contributed by atoms with Crippen LogP contribution >= 0.6 is 0 Å². The second-order valence-corrected chi connectivity index (χ2v) is 5.95. The average molecular weight is 228 g/mol. The maximum atomic E-state index is 11.5. The Morgan fingerprint density at radius 1 is 1.19 bits per heavy atom. The van der Waals surface area contributed by atoms with E-state index in [1.807, 2.05) is 0 Å². The van der Waals surface area contributed by atoms with Gasteiger partial charge in [0.2, 0.25) is 5.91 Å². The molecular weight excluding hydrogens is 200 g/mol. The van der Waals surface area contributed by atoms with E-state index < -0.39 is 0 Å². The molecule has 0 saturated heterocycles. The molecule has 0 fully saturated rings. The highest BCUT2D eigenvalue weighted by molar-refractivity contribution is 5.76. The number of hydrogen-bond acceptors (Lipinski definition) is 2. The summed E-state index contributed by atoms with van der Waals surface area (Å²) in [6, 6.07) is 0. The van der Waals surface area contributed by atoms with Crippen LogP contribution in [-0.4, -0.2) is 24.5 Å². The molecule has 0 aromatic carbocycles. The summed E-state index contributed by atoms with van der Waals surface area (Å²) in [6.07, 6.45) is 0.558. The Bertz CT molecular complexity index is 206. The minimum atomic E-state index is 0.0888. The van der Waals surface area contributed by atoms with Crippen molar-refractivity contribution in [1.82, 2.24) is 10.6 Å². The van der Waals surface area contributed by atoms with Crippen LogP contribution in [0.5, 0.6) is 0 Å². The number of nitrogens with one attached hydrogen (secondary N) is 2. The minimum absolute atomic E-state index is 0.0888. The van der Waals surface area contributed by atoms with Gasteiger partial charge in [0.1, 0.15) is 0 Å². The Kier molecular flexibility index (Phi) is 6.65. The molecular formula is C13H28N2O. The van der Waals surface area contributed by atoms with Crippen molar-refractivity contribution >= 4 is 5.91 Å². The summed E-state index contributed by atoms with van der Waals surface area (Å²) >= 11 is 0. The number of carbonyl (C=O) groups is 1. The van der Waals surface area contributed by atoms with E-state index in [4.69, 9.17) is 0 Å². The van der Waals surface area contributed by atoms with Crippen LogP contribution in [0.4, 0.5) is 0 Å². The number of carbonyl (C=O) groups excluding carboxylic acids is 1. The van der Waals surface area contributed by atoms with Crippen LogP contribution in [-0.2, 0) is 4.79 Å². The third-order valence-corrected chi connectivity index (χ3v) is 2.77. The largest absolute Gasteiger partial charge is 0.356 e. The van der Waals surface area contributed by atoms with Gasteiger partial charge in [0.15, 0.2) is 0 Å². The highest BCUT2D eigenvalue weighted by atomic mass is 16.1. The lowest BCUT2D eigenvalue weighted by atomic mass is 9.98. The van der Waals surface area contributed by atoms with Gasteiger partial charge in [-0.1, -0.05) is 20.8 Å². The SMILES string of the molecule is CC(C)C(C)CNC(=O)CCNC(C)(C)C. The molecule has 0 aromatic heterocycles. The van der Waals surface area contributed by atoms with Crippen molar-refractivity contribution < 1.29 is 4.79 Å². The maximum absolute atomic E-state index is 11.5. The molecule has 16 heavy (non-hydrogen) atoms. The van der Waals surface area contributed by atoms with Crippen molar-refractivity contribution in [2.45, 2.75) is 53.5 Å². The molecule has 0 aliphatic carbocycles. The molecule has 1 amide bonds. The summed E-state index contributed by atoms with van der Waals surface area (Å²) < 4.78 is 0. The Balaban J connectivity index is 3.60. The molecule has 0 radical (unpaired) electrons. The van der Waals surface area contributed by atoms with Crippen LogP contribution in [0.3, 0.4) is 0 Å². The molecule has 3 nitrogen and oxygen atoms in total. The predicted octanol–water partition coefficient (Wildman–Crippen LogP) is 2.17. The van der Waals surface area contributed by atoms with E-state index in [1.54, 1.807) is 0 Å². The van der Waals surface area contributed by atoms with Gasteiger partial charge in [-0.3, -0.25) is 4.79 Å². The third kappa shape index (κ3) is 8.72. The first kappa shape index (κ1) is 15.4. The van der Waals surface area contributed by atoms with Gasteiger partial charge in [-0.2, -0.15) is 0 Å². The Labute approximate surface area is 100 Å². The second kappa shape index (κ2) is 6.89. The van der Waals surface area contributed by atoms with E-state index in [9.17, 15) is 4.79 Å². The lowest BCUT2D eigenvalue weighted by Gasteiger charge is -2.20. The lowest BCUT2D eigenvalue weighted by molar-refractivity contribution is -0.121. The van der Waals surface area contributed by atoms with Crippen LogP contribution in [0, 0.1) is 11.8 Å². The van der Waals surface area contributed by atoms with Crippen LogP contribution in [0.2, 0.25) is 0 Å². The molecule has 0 aliphatic rings. The first-order valence-electron chi connectivity index (χ1n) is 6.24. The van der Waals surface area contributed by atoms with Crippen LogP contribution in [0.15, 0.2) is 0 Å². The molecule has 0 saturated carbocycles. The van der Waals surface area contributed by atoms with E-state index >= 15 is 0 Å². The summed E-state index contributed by atoms with van der Waals surface area (Å²) in [4.78, 5) is 11.5. The standard InChI is InChI=1S/C13H28N2O/c1-10(2)11(3)9-14-12(16)7-8-15-13(4,5)6/h10-11,15H,7-9H2,1-6H3,(H,14,16). The zero-order valence-corrected chi connectivity index (χ0v) is 11.7. The summed E-state index contributed by atoms with van der Waals surface area (Å²) in [7, 11) is 0. The van der Waals surface area contributed by atoms with Gasteiger partial charge in [-0.25, -0.2) is 0 Å². The fourth-order valence-corrected chi connectivity index (χ4v) is 1.15. The molecule has 0 spiro atoms. The van der Waals surface area contributed by atoms with Crippen LogP contribution in [0.1, 0.15) is 48.0 Å². The number of hydrogen-bond donors (Lipinski definition) is 2. The molecule has 3 heteroatoms. The molecule has 0 aliphatic heterocycles. The highest BCUT2D eigenvalue weighted by Gasteiger charge is 2.11. The normalized spacial score (nSPS) is 13.9. The fourth-order valence-electron chi connectivity index (χ4n) is 1.15. The monoisotopic (exact) mass is 228 g/mol. The Hall–Kier alpha value is -0.570. The van der Waals surface area contributed by atoms with E-state index in [1.165, 1.54) is 0 Å². The van der Waals surface area contributed by atoms with Gasteiger partial charge in [0.05, 0.1) is 0 Å². The maximum Gasteiger partial charge on any atom is 0.221 e. The molecule has 2 N–H and O–H groups in total. The molecule has 1 atom stereocenters. The zero-order valence-electron chi connectivity index (χ0n) is 11.7. The quantitative estimate of drug-likeness (QED) is 0.731. The van der Waals surface area contributed by atoms with Gasteiger partial charge in [0.25, 0.3) is 0 Å². The summed E-state index contributed by atoms with van der Waals surface area (Å²) in [5.74, 6) is 1.30. The first-order chi connectivity index (χ1) is 7.22. The zero-order chi connectivity index (χ0) is 12.8. The summed E-state index contributed by atoms with van der Waals surface area (Å²) in [6.45, 7) is 14.4. The smallest absolute Gasteiger partial charge is 0.221 e. The number of rotatable bonds is 6. The van der Waals surface area contributed by atoms with Gasteiger partial charge in [-0.15, -0.1) is 0 Å². The van der Waals surface area contributed by atoms with E-state index in [-0.39, 0.29) is 11.4 Å².